The Kier molecular flexibility index (Phi) is 6.85. The molecule has 3 rings (SSSR count). The fourth-order valence-electron chi connectivity index (χ4n) is 3.49. The summed E-state index contributed by atoms with van der Waals surface area (Å²) in [7, 11) is 0. The summed E-state index contributed by atoms with van der Waals surface area (Å²) in [5.74, 6) is 0.174. The first kappa shape index (κ1) is 21.9. The van der Waals surface area contributed by atoms with E-state index >= 15 is 0 Å². The second-order valence-electron chi connectivity index (χ2n) is 8.19. The van der Waals surface area contributed by atoms with E-state index in [4.69, 9.17) is 0 Å². The molecule has 0 saturated carbocycles. The lowest BCUT2D eigenvalue weighted by Crippen LogP contribution is -2.33. The number of halogens is 2. The largest absolute Gasteiger partial charge is 0.331 e. The lowest BCUT2D eigenvalue weighted by atomic mass is 10.1. The number of aryl methyl sites for hydroxylation is 2. The van der Waals surface area contributed by atoms with E-state index in [1.165, 1.54) is 18.2 Å². The van der Waals surface area contributed by atoms with Crippen LogP contribution >= 0.6 is 0 Å². The minimum Gasteiger partial charge on any atom is -0.331 e. The second kappa shape index (κ2) is 9.37. The standard InChI is InChI=1S/C24H29F2N3O/c1-5-11-29-22-9-8-19(25)14-21(22)27-23(29)15-28(12-10-16(2)3)24(30)18-7-6-17(4)20(26)13-18/h6-9,13-14,16H,5,10-12,15H2,1-4H3. The number of aromatic nitrogens is 2. The highest BCUT2D eigenvalue weighted by atomic mass is 19.1. The third kappa shape index (κ3) is 4.86. The van der Waals surface area contributed by atoms with Crippen molar-refractivity contribution in [1.82, 2.24) is 14.5 Å². The van der Waals surface area contributed by atoms with E-state index in [1.807, 2.05) is 4.57 Å². The second-order valence-corrected chi connectivity index (χ2v) is 8.19. The average Bonchev–Trinajstić information content (AvgIpc) is 3.03. The van der Waals surface area contributed by atoms with Gasteiger partial charge in [-0.1, -0.05) is 26.8 Å². The number of amides is 1. The molecule has 0 spiro atoms. The Morgan fingerprint density at radius 2 is 1.93 bits per heavy atom. The lowest BCUT2D eigenvalue weighted by Gasteiger charge is -2.24. The summed E-state index contributed by atoms with van der Waals surface area (Å²) in [6, 6.07) is 9.15. The SMILES string of the molecule is CCCn1c(CN(CCC(C)C)C(=O)c2ccc(C)c(F)c2)nc2cc(F)ccc21. The van der Waals surface area contributed by atoms with Crippen LogP contribution in [0.2, 0.25) is 0 Å². The van der Waals surface area contributed by atoms with Crippen LogP contribution in [0.1, 0.15) is 55.4 Å². The zero-order valence-corrected chi connectivity index (χ0v) is 18.1. The summed E-state index contributed by atoms with van der Waals surface area (Å²) < 4.78 is 29.8. The number of nitrogens with zero attached hydrogens (tertiary/aromatic N) is 3. The summed E-state index contributed by atoms with van der Waals surface area (Å²) in [5, 5.41) is 0. The van der Waals surface area contributed by atoms with Gasteiger partial charge in [0, 0.05) is 24.7 Å². The molecule has 2 aromatic carbocycles. The molecule has 160 valence electrons. The molecule has 6 heteroatoms. The van der Waals surface area contributed by atoms with Crippen LogP contribution in [0.15, 0.2) is 36.4 Å². The van der Waals surface area contributed by atoms with Gasteiger partial charge < -0.3 is 9.47 Å². The van der Waals surface area contributed by atoms with E-state index in [2.05, 4.69) is 25.8 Å². The molecule has 0 aliphatic carbocycles. The van der Waals surface area contributed by atoms with Gasteiger partial charge in [-0.05, 0) is 55.5 Å². The molecule has 0 aliphatic rings. The predicted octanol–water partition coefficient (Wildman–Crippen LogP) is 5.72. The molecule has 0 unspecified atom stereocenters. The molecule has 4 nitrogen and oxygen atoms in total. The number of imidazole rings is 1. The molecular formula is C24H29F2N3O. The molecule has 3 aromatic rings. The number of hydrogen-bond donors (Lipinski definition) is 0. The molecule has 0 radical (unpaired) electrons. The number of rotatable bonds is 8. The number of fused-ring (bicyclic) bond motifs is 1. The average molecular weight is 414 g/mol. The first-order valence-corrected chi connectivity index (χ1v) is 10.5. The monoisotopic (exact) mass is 413 g/mol. The van der Waals surface area contributed by atoms with Gasteiger partial charge in [-0.25, -0.2) is 13.8 Å². The normalized spacial score (nSPS) is 11.4. The van der Waals surface area contributed by atoms with Crippen molar-refractivity contribution in [3.63, 3.8) is 0 Å². The molecule has 0 N–H and O–H groups in total. The predicted molar refractivity (Wildman–Crippen MR) is 115 cm³/mol. The summed E-state index contributed by atoms with van der Waals surface area (Å²) in [5.41, 5.74) is 2.26. The highest BCUT2D eigenvalue weighted by molar-refractivity contribution is 5.94. The molecule has 0 fully saturated rings. The third-order valence-electron chi connectivity index (χ3n) is 5.25. The molecule has 1 amide bonds. The van der Waals surface area contributed by atoms with Crippen LogP contribution in [0.25, 0.3) is 11.0 Å². The fraction of sp³-hybridized carbons (Fsp3) is 0.417. The molecule has 1 aromatic heterocycles. The van der Waals surface area contributed by atoms with Gasteiger partial charge in [0.25, 0.3) is 5.91 Å². The molecule has 1 heterocycles. The van der Waals surface area contributed by atoms with Gasteiger partial charge in [0.1, 0.15) is 17.5 Å². The van der Waals surface area contributed by atoms with Gasteiger partial charge >= 0.3 is 0 Å². The Hall–Kier alpha value is -2.76. The lowest BCUT2D eigenvalue weighted by molar-refractivity contribution is 0.0729. The topological polar surface area (TPSA) is 38.1 Å². The van der Waals surface area contributed by atoms with E-state index in [0.29, 0.717) is 34.9 Å². The van der Waals surface area contributed by atoms with Crippen molar-refractivity contribution in [2.75, 3.05) is 6.54 Å². The van der Waals surface area contributed by atoms with Crippen molar-refractivity contribution in [3.05, 3.63) is 65.0 Å². The number of hydrogen-bond acceptors (Lipinski definition) is 2. The summed E-state index contributed by atoms with van der Waals surface area (Å²) in [4.78, 5) is 19.6. The smallest absolute Gasteiger partial charge is 0.254 e. The van der Waals surface area contributed by atoms with E-state index in [-0.39, 0.29) is 18.3 Å². The Morgan fingerprint density at radius 3 is 2.60 bits per heavy atom. The van der Waals surface area contributed by atoms with Gasteiger partial charge in [0.2, 0.25) is 0 Å². The van der Waals surface area contributed by atoms with Crippen LogP contribution < -0.4 is 0 Å². The van der Waals surface area contributed by atoms with Crippen LogP contribution in [0.3, 0.4) is 0 Å². The minimum absolute atomic E-state index is 0.226. The van der Waals surface area contributed by atoms with Crippen LogP contribution in [0.5, 0.6) is 0 Å². The van der Waals surface area contributed by atoms with Crippen LogP contribution in [-0.4, -0.2) is 26.9 Å². The van der Waals surface area contributed by atoms with Crippen LogP contribution in [0.4, 0.5) is 8.78 Å². The molecule has 0 aliphatic heterocycles. The van der Waals surface area contributed by atoms with E-state index in [1.54, 1.807) is 30.0 Å². The van der Waals surface area contributed by atoms with Gasteiger partial charge in [0.05, 0.1) is 17.6 Å². The van der Waals surface area contributed by atoms with Crippen molar-refractivity contribution < 1.29 is 13.6 Å². The first-order chi connectivity index (χ1) is 14.3. The molecule has 0 saturated heterocycles. The Morgan fingerprint density at radius 1 is 1.17 bits per heavy atom. The van der Waals surface area contributed by atoms with Crippen molar-refractivity contribution >= 4 is 16.9 Å². The summed E-state index contributed by atoms with van der Waals surface area (Å²) >= 11 is 0. The summed E-state index contributed by atoms with van der Waals surface area (Å²) in [6.07, 6.45) is 1.71. The zero-order valence-electron chi connectivity index (χ0n) is 18.1. The Balaban J connectivity index is 1.97. The third-order valence-corrected chi connectivity index (χ3v) is 5.25. The first-order valence-electron chi connectivity index (χ1n) is 10.5. The van der Waals surface area contributed by atoms with Gasteiger partial charge in [-0.15, -0.1) is 0 Å². The maximum atomic E-state index is 14.1. The van der Waals surface area contributed by atoms with E-state index in [0.717, 1.165) is 24.9 Å². The molecule has 0 bridgehead atoms. The molecule has 30 heavy (non-hydrogen) atoms. The highest BCUT2D eigenvalue weighted by Gasteiger charge is 2.21. The quantitative estimate of drug-likeness (QED) is 0.474. The van der Waals surface area contributed by atoms with E-state index < -0.39 is 5.82 Å². The van der Waals surface area contributed by atoms with Crippen LogP contribution in [-0.2, 0) is 13.1 Å². The molecule has 0 atom stereocenters. The maximum Gasteiger partial charge on any atom is 0.254 e. The van der Waals surface area contributed by atoms with Crippen LogP contribution in [0, 0.1) is 24.5 Å². The highest BCUT2D eigenvalue weighted by Crippen LogP contribution is 2.21. The van der Waals surface area contributed by atoms with Crippen molar-refractivity contribution in [3.8, 4) is 0 Å². The maximum absolute atomic E-state index is 14.1. The fourth-order valence-corrected chi connectivity index (χ4v) is 3.49. The van der Waals surface area contributed by atoms with Gasteiger partial charge in [-0.3, -0.25) is 4.79 Å². The van der Waals surface area contributed by atoms with Gasteiger partial charge in [0.15, 0.2) is 0 Å². The Labute approximate surface area is 176 Å². The number of carbonyl (C=O) groups is 1. The van der Waals surface area contributed by atoms with Crippen molar-refractivity contribution in [2.24, 2.45) is 5.92 Å². The number of carbonyl (C=O) groups excluding carboxylic acids is 1. The summed E-state index contributed by atoms with van der Waals surface area (Å²) in [6.45, 7) is 9.49. The van der Waals surface area contributed by atoms with E-state index in [9.17, 15) is 13.6 Å². The zero-order chi connectivity index (χ0) is 21.8. The molecular weight excluding hydrogens is 384 g/mol. The van der Waals surface area contributed by atoms with Gasteiger partial charge in [-0.2, -0.15) is 0 Å². The van der Waals surface area contributed by atoms with Crippen molar-refractivity contribution in [1.29, 1.82) is 0 Å². The minimum atomic E-state index is -0.390. The number of benzene rings is 2. The Bertz CT molecular complexity index is 1040. The van der Waals surface area contributed by atoms with Crippen molar-refractivity contribution in [2.45, 2.75) is 53.6 Å².